The van der Waals surface area contributed by atoms with Gasteiger partial charge in [0.05, 0.1) is 5.69 Å². The predicted octanol–water partition coefficient (Wildman–Crippen LogP) is 5.17. The van der Waals surface area contributed by atoms with Crippen molar-refractivity contribution >= 4 is 38.9 Å². The molecule has 0 aliphatic carbocycles. The molecule has 0 fully saturated rings. The quantitative estimate of drug-likeness (QED) is 0.662. The van der Waals surface area contributed by atoms with E-state index in [1.807, 2.05) is 31.2 Å². The van der Waals surface area contributed by atoms with Crippen LogP contribution in [0.4, 0.5) is 27.4 Å². The molecule has 0 saturated carbocycles. The number of aryl methyl sites for hydroxylation is 1. The highest BCUT2D eigenvalue weighted by Gasteiger charge is 2.05. The smallest absolute Gasteiger partial charge is 0.136 e. The van der Waals surface area contributed by atoms with Gasteiger partial charge in [0, 0.05) is 16.2 Å². The Bertz CT molecular complexity index is 821. The molecule has 1 heterocycles. The summed E-state index contributed by atoms with van der Waals surface area (Å²) < 4.78 is 13.9. The molecule has 3 rings (SSSR count). The van der Waals surface area contributed by atoms with Gasteiger partial charge in [0.2, 0.25) is 0 Å². The Kier molecular flexibility index (Phi) is 4.52. The molecular formula is C17H14BrFN4. The summed E-state index contributed by atoms with van der Waals surface area (Å²) >= 11 is 3.49. The number of benzene rings is 2. The molecule has 23 heavy (non-hydrogen) atoms. The van der Waals surface area contributed by atoms with E-state index in [1.165, 1.54) is 12.1 Å². The van der Waals surface area contributed by atoms with Crippen LogP contribution in [0.15, 0.2) is 59.1 Å². The molecule has 116 valence electrons. The minimum atomic E-state index is -0.272. The lowest BCUT2D eigenvalue weighted by Crippen LogP contribution is -2.01. The molecule has 0 saturated heterocycles. The molecule has 0 bridgehead atoms. The highest BCUT2D eigenvalue weighted by molar-refractivity contribution is 9.10. The molecule has 6 heteroatoms. The second kappa shape index (κ2) is 6.75. The SMILES string of the molecule is Cc1nc(Nc2ccc(F)cc2)cc(Nc2ccccc2Br)n1. The Morgan fingerprint density at radius 3 is 2.26 bits per heavy atom. The van der Waals surface area contributed by atoms with Crippen LogP contribution in [0.1, 0.15) is 5.82 Å². The van der Waals surface area contributed by atoms with Crippen molar-refractivity contribution in [1.82, 2.24) is 9.97 Å². The number of hydrogen-bond donors (Lipinski definition) is 2. The third-order valence-corrected chi connectivity index (χ3v) is 3.78. The Hall–Kier alpha value is -2.47. The molecule has 0 aliphatic heterocycles. The molecule has 0 unspecified atom stereocenters. The van der Waals surface area contributed by atoms with Crippen LogP contribution in [0.2, 0.25) is 0 Å². The zero-order valence-electron chi connectivity index (χ0n) is 12.3. The summed E-state index contributed by atoms with van der Waals surface area (Å²) in [7, 11) is 0. The van der Waals surface area contributed by atoms with E-state index in [0.29, 0.717) is 17.5 Å². The van der Waals surface area contributed by atoms with Crippen LogP contribution < -0.4 is 10.6 Å². The summed E-state index contributed by atoms with van der Waals surface area (Å²) in [4.78, 5) is 8.73. The van der Waals surface area contributed by atoms with E-state index in [9.17, 15) is 4.39 Å². The van der Waals surface area contributed by atoms with Crippen LogP contribution in [0.5, 0.6) is 0 Å². The number of nitrogens with zero attached hydrogens (tertiary/aromatic N) is 2. The zero-order chi connectivity index (χ0) is 16.2. The highest BCUT2D eigenvalue weighted by atomic mass is 79.9. The van der Waals surface area contributed by atoms with Crippen LogP contribution in [0, 0.1) is 12.7 Å². The second-order valence-corrected chi connectivity index (χ2v) is 5.78. The number of halogens is 2. The lowest BCUT2D eigenvalue weighted by molar-refractivity contribution is 0.628. The van der Waals surface area contributed by atoms with E-state index >= 15 is 0 Å². The van der Waals surface area contributed by atoms with Crippen LogP contribution in [0.25, 0.3) is 0 Å². The van der Waals surface area contributed by atoms with Gasteiger partial charge < -0.3 is 10.6 Å². The summed E-state index contributed by atoms with van der Waals surface area (Å²) in [5.41, 5.74) is 1.68. The van der Waals surface area contributed by atoms with Gasteiger partial charge in [0.25, 0.3) is 0 Å². The van der Waals surface area contributed by atoms with Crippen molar-refractivity contribution in [2.24, 2.45) is 0 Å². The Balaban J connectivity index is 1.84. The lowest BCUT2D eigenvalue weighted by Gasteiger charge is -2.11. The molecule has 0 amide bonds. The largest absolute Gasteiger partial charge is 0.340 e. The molecule has 2 aromatic carbocycles. The first-order valence-corrected chi connectivity index (χ1v) is 7.79. The fraction of sp³-hybridized carbons (Fsp3) is 0.0588. The molecule has 2 N–H and O–H groups in total. The normalized spacial score (nSPS) is 10.4. The molecule has 0 aliphatic rings. The number of para-hydroxylation sites is 1. The van der Waals surface area contributed by atoms with Gasteiger partial charge in [-0.3, -0.25) is 0 Å². The van der Waals surface area contributed by atoms with Crippen LogP contribution in [0.3, 0.4) is 0 Å². The van der Waals surface area contributed by atoms with Crippen LogP contribution in [-0.2, 0) is 0 Å². The lowest BCUT2D eigenvalue weighted by atomic mass is 10.3. The summed E-state index contributed by atoms with van der Waals surface area (Å²) in [6, 6.07) is 15.7. The summed E-state index contributed by atoms with van der Waals surface area (Å²) in [6.07, 6.45) is 0. The van der Waals surface area contributed by atoms with Crippen LogP contribution >= 0.6 is 15.9 Å². The predicted molar refractivity (Wildman–Crippen MR) is 93.9 cm³/mol. The van der Waals surface area contributed by atoms with Gasteiger partial charge in [-0.1, -0.05) is 12.1 Å². The van der Waals surface area contributed by atoms with E-state index in [0.717, 1.165) is 15.8 Å². The van der Waals surface area contributed by atoms with Gasteiger partial charge >= 0.3 is 0 Å². The van der Waals surface area contributed by atoms with E-state index < -0.39 is 0 Å². The van der Waals surface area contributed by atoms with E-state index in [1.54, 1.807) is 18.2 Å². The molecule has 0 spiro atoms. The Morgan fingerprint density at radius 1 is 0.913 bits per heavy atom. The van der Waals surface area contributed by atoms with Gasteiger partial charge in [0.1, 0.15) is 23.3 Å². The van der Waals surface area contributed by atoms with Crippen molar-refractivity contribution in [2.75, 3.05) is 10.6 Å². The van der Waals surface area contributed by atoms with Gasteiger partial charge in [0.15, 0.2) is 0 Å². The average molecular weight is 373 g/mol. The maximum Gasteiger partial charge on any atom is 0.136 e. The van der Waals surface area contributed by atoms with Crippen molar-refractivity contribution in [3.8, 4) is 0 Å². The maximum absolute atomic E-state index is 13.0. The molecule has 4 nitrogen and oxygen atoms in total. The van der Waals surface area contributed by atoms with Crippen molar-refractivity contribution in [3.63, 3.8) is 0 Å². The van der Waals surface area contributed by atoms with Crippen LogP contribution in [-0.4, -0.2) is 9.97 Å². The fourth-order valence-corrected chi connectivity index (χ4v) is 2.46. The number of hydrogen-bond acceptors (Lipinski definition) is 4. The zero-order valence-corrected chi connectivity index (χ0v) is 13.9. The van der Waals surface area contributed by atoms with Crippen molar-refractivity contribution in [2.45, 2.75) is 6.92 Å². The van der Waals surface area contributed by atoms with Gasteiger partial charge in [-0.2, -0.15) is 0 Å². The number of aromatic nitrogens is 2. The first-order valence-electron chi connectivity index (χ1n) is 7.00. The van der Waals surface area contributed by atoms with Gasteiger partial charge in [-0.25, -0.2) is 14.4 Å². The summed E-state index contributed by atoms with van der Waals surface area (Å²) in [6.45, 7) is 1.82. The molecule has 0 radical (unpaired) electrons. The first kappa shape index (κ1) is 15.4. The van der Waals surface area contributed by atoms with Gasteiger partial charge in [-0.05, 0) is 59.3 Å². The van der Waals surface area contributed by atoms with E-state index in [2.05, 4.69) is 36.5 Å². The number of rotatable bonds is 4. The Labute approximate surface area is 141 Å². The fourth-order valence-electron chi connectivity index (χ4n) is 2.08. The standard InChI is InChI=1S/C17H14BrFN4/c1-11-20-16(22-13-8-6-12(19)7-9-13)10-17(21-11)23-15-5-3-2-4-14(15)18/h2-10H,1H3,(H2,20,21,22,23). The van der Waals surface area contributed by atoms with E-state index in [4.69, 9.17) is 0 Å². The summed E-state index contributed by atoms with van der Waals surface area (Å²) in [5, 5.41) is 6.39. The Morgan fingerprint density at radius 2 is 1.57 bits per heavy atom. The van der Waals surface area contributed by atoms with Crippen molar-refractivity contribution in [3.05, 3.63) is 70.7 Å². The maximum atomic E-state index is 13.0. The first-order chi connectivity index (χ1) is 11.1. The number of anilines is 4. The third-order valence-electron chi connectivity index (χ3n) is 3.09. The number of nitrogens with one attached hydrogen (secondary N) is 2. The minimum Gasteiger partial charge on any atom is -0.340 e. The van der Waals surface area contributed by atoms with E-state index in [-0.39, 0.29) is 5.82 Å². The highest BCUT2D eigenvalue weighted by Crippen LogP contribution is 2.26. The average Bonchev–Trinajstić information content (AvgIpc) is 2.51. The monoisotopic (exact) mass is 372 g/mol. The van der Waals surface area contributed by atoms with Crippen molar-refractivity contribution in [1.29, 1.82) is 0 Å². The van der Waals surface area contributed by atoms with Gasteiger partial charge in [-0.15, -0.1) is 0 Å². The minimum absolute atomic E-state index is 0.272. The molecular weight excluding hydrogens is 359 g/mol. The molecule has 0 atom stereocenters. The topological polar surface area (TPSA) is 49.8 Å². The second-order valence-electron chi connectivity index (χ2n) is 4.92. The third kappa shape index (κ3) is 4.04. The molecule has 3 aromatic rings. The molecule has 1 aromatic heterocycles. The summed E-state index contributed by atoms with van der Waals surface area (Å²) in [5.74, 6) is 1.67. The van der Waals surface area contributed by atoms with Crippen molar-refractivity contribution < 1.29 is 4.39 Å².